The zero-order valence-corrected chi connectivity index (χ0v) is 24.6. The molecule has 0 saturated carbocycles. The van der Waals surface area contributed by atoms with Crippen LogP contribution in [-0.4, -0.2) is 45.7 Å². The fraction of sp³-hybridized carbons (Fsp3) is 0.355. The second-order valence-electron chi connectivity index (χ2n) is 10.8. The first kappa shape index (κ1) is 30.5. The van der Waals surface area contributed by atoms with Crippen LogP contribution in [0.5, 0.6) is 5.75 Å². The van der Waals surface area contributed by atoms with Gasteiger partial charge in [0.2, 0.25) is 0 Å². The molecule has 2 aromatic carbocycles. The lowest BCUT2D eigenvalue weighted by Gasteiger charge is -2.32. The Morgan fingerprint density at radius 2 is 1.88 bits per heavy atom. The van der Waals surface area contributed by atoms with Gasteiger partial charge in [0.05, 0.1) is 28.3 Å². The Balaban J connectivity index is 1.56. The number of hydrogen-bond acceptors (Lipinski definition) is 6. The molecule has 1 fully saturated rings. The maximum absolute atomic E-state index is 13.5. The standard InChI is InChI=1S/C31H31ClF3N5O3/c1-16-11-19(12-17(2)18(16)3)27-28(43-10-8-20-5-4-6-25(38-20)31(33,34)35)22-13-21(23(32)14-24(22)39-30(27)42)29(41)40-26-7-9-36-15-37-26/h7,9,11-15,20,25,38H,4-6,8,10H2,1-3H3,(H,39,42)(H,36,37,40,41)/t20-,25+/m0/s1. The van der Waals surface area contributed by atoms with Crippen LogP contribution in [-0.2, 0) is 0 Å². The molecule has 3 heterocycles. The molecule has 1 amide bonds. The van der Waals surface area contributed by atoms with Gasteiger partial charge >= 0.3 is 6.18 Å². The lowest BCUT2D eigenvalue weighted by atomic mass is 9.95. The van der Waals surface area contributed by atoms with Crippen LogP contribution in [0, 0.1) is 20.8 Å². The number of aryl methyl sites for hydroxylation is 2. The van der Waals surface area contributed by atoms with Crippen molar-refractivity contribution in [3.8, 4) is 16.9 Å². The van der Waals surface area contributed by atoms with Crippen LogP contribution in [0.25, 0.3) is 22.0 Å². The van der Waals surface area contributed by atoms with Crippen molar-refractivity contribution in [1.29, 1.82) is 0 Å². The van der Waals surface area contributed by atoms with Crippen LogP contribution < -0.4 is 20.9 Å². The minimum atomic E-state index is -4.32. The Kier molecular flexibility index (Phi) is 8.75. The molecule has 0 radical (unpaired) electrons. The van der Waals surface area contributed by atoms with E-state index in [4.69, 9.17) is 16.3 Å². The van der Waals surface area contributed by atoms with Gasteiger partial charge in [-0.25, -0.2) is 9.97 Å². The Morgan fingerprint density at radius 1 is 1.14 bits per heavy atom. The van der Waals surface area contributed by atoms with Gasteiger partial charge in [-0.15, -0.1) is 0 Å². The van der Waals surface area contributed by atoms with E-state index in [9.17, 15) is 22.8 Å². The van der Waals surface area contributed by atoms with E-state index < -0.39 is 29.7 Å². The number of ether oxygens (including phenoxy) is 1. The van der Waals surface area contributed by atoms with Gasteiger partial charge < -0.3 is 20.4 Å². The molecule has 12 heteroatoms. The Bertz CT molecular complexity index is 1700. The van der Waals surface area contributed by atoms with E-state index in [1.807, 2.05) is 32.9 Å². The first-order valence-electron chi connectivity index (χ1n) is 13.9. The van der Waals surface area contributed by atoms with E-state index in [0.717, 1.165) is 16.7 Å². The third kappa shape index (κ3) is 6.67. The van der Waals surface area contributed by atoms with Crippen molar-refractivity contribution in [3.05, 3.63) is 80.5 Å². The first-order valence-corrected chi connectivity index (χ1v) is 14.3. The molecule has 3 N–H and O–H groups in total. The molecule has 0 bridgehead atoms. The van der Waals surface area contributed by atoms with Crippen molar-refractivity contribution in [2.75, 3.05) is 11.9 Å². The summed E-state index contributed by atoms with van der Waals surface area (Å²) in [6.45, 7) is 5.93. The third-order valence-electron chi connectivity index (χ3n) is 7.93. The van der Waals surface area contributed by atoms with E-state index >= 15 is 0 Å². The monoisotopic (exact) mass is 613 g/mol. The number of H-pyrrole nitrogens is 1. The summed E-state index contributed by atoms with van der Waals surface area (Å²) < 4.78 is 46.3. The van der Waals surface area contributed by atoms with E-state index in [1.165, 1.54) is 30.7 Å². The number of amides is 1. The summed E-state index contributed by atoms with van der Waals surface area (Å²) in [6.07, 6.45) is -0.178. The largest absolute Gasteiger partial charge is 0.492 e. The van der Waals surface area contributed by atoms with E-state index in [1.54, 1.807) is 0 Å². The van der Waals surface area contributed by atoms with Crippen molar-refractivity contribution >= 4 is 34.2 Å². The number of alkyl halides is 3. The molecule has 4 aromatic rings. The number of nitrogens with zero attached hydrogens (tertiary/aromatic N) is 2. The molecule has 0 aliphatic carbocycles. The number of nitrogens with one attached hydrogen (secondary N) is 3. The fourth-order valence-corrected chi connectivity index (χ4v) is 5.66. The van der Waals surface area contributed by atoms with Gasteiger partial charge in [0.15, 0.2) is 0 Å². The maximum atomic E-state index is 13.5. The molecule has 0 spiro atoms. The van der Waals surface area contributed by atoms with Crippen LogP contribution in [0.1, 0.15) is 52.7 Å². The van der Waals surface area contributed by atoms with Gasteiger partial charge in [0.25, 0.3) is 11.5 Å². The van der Waals surface area contributed by atoms with Gasteiger partial charge in [-0.05, 0) is 80.5 Å². The third-order valence-corrected chi connectivity index (χ3v) is 8.24. The molecule has 5 rings (SSSR count). The molecule has 1 aliphatic rings. The lowest BCUT2D eigenvalue weighted by Crippen LogP contribution is -2.50. The van der Waals surface area contributed by atoms with Crippen molar-refractivity contribution in [2.45, 2.75) is 64.7 Å². The summed E-state index contributed by atoms with van der Waals surface area (Å²) in [5.41, 5.74) is 3.96. The molecule has 1 aliphatic heterocycles. The van der Waals surface area contributed by atoms with Crippen LogP contribution in [0.4, 0.5) is 19.0 Å². The highest BCUT2D eigenvalue weighted by Crippen LogP contribution is 2.37. The maximum Gasteiger partial charge on any atom is 0.403 e. The number of benzene rings is 2. The number of aromatic nitrogens is 3. The molecule has 2 aromatic heterocycles. The summed E-state index contributed by atoms with van der Waals surface area (Å²) in [5.74, 6) is -0.0363. The first-order chi connectivity index (χ1) is 20.4. The van der Waals surface area contributed by atoms with Crippen molar-refractivity contribution in [2.24, 2.45) is 0 Å². The number of carbonyl (C=O) groups is 1. The highest BCUT2D eigenvalue weighted by atomic mass is 35.5. The van der Waals surface area contributed by atoms with E-state index in [-0.39, 0.29) is 40.7 Å². The van der Waals surface area contributed by atoms with Gasteiger partial charge in [-0.2, -0.15) is 13.2 Å². The summed E-state index contributed by atoms with van der Waals surface area (Å²) in [6, 6.07) is 6.37. The van der Waals surface area contributed by atoms with Crippen molar-refractivity contribution in [1.82, 2.24) is 20.3 Å². The smallest absolute Gasteiger partial charge is 0.403 e. The number of pyridine rings is 1. The Hall–Kier alpha value is -3.96. The number of rotatable bonds is 7. The highest BCUT2D eigenvalue weighted by Gasteiger charge is 2.41. The van der Waals surface area contributed by atoms with Crippen LogP contribution in [0.15, 0.2) is 47.7 Å². The second kappa shape index (κ2) is 12.3. The number of hydrogen-bond donors (Lipinski definition) is 3. The molecule has 2 atom stereocenters. The van der Waals surface area contributed by atoms with Crippen LogP contribution in [0.3, 0.4) is 0 Å². The molecular weight excluding hydrogens is 583 g/mol. The zero-order chi connectivity index (χ0) is 30.9. The minimum Gasteiger partial charge on any atom is -0.492 e. The highest BCUT2D eigenvalue weighted by molar-refractivity contribution is 6.35. The van der Waals surface area contributed by atoms with Crippen LogP contribution in [0.2, 0.25) is 5.02 Å². The van der Waals surface area contributed by atoms with Gasteiger partial charge in [-0.1, -0.05) is 30.2 Å². The number of aromatic amines is 1. The number of piperidine rings is 1. The average Bonchev–Trinajstić information content (AvgIpc) is 2.95. The predicted octanol–water partition coefficient (Wildman–Crippen LogP) is 6.66. The molecule has 1 saturated heterocycles. The summed E-state index contributed by atoms with van der Waals surface area (Å²) in [5, 5.41) is 5.89. The molecule has 226 valence electrons. The fourth-order valence-electron chi connectivity index (χ4n) is 5.41. The lowest BCUT2D eigenvalue weighted by molar-refractivity contribution is -0.163. The Morgan fingerprint density at radius 3 is 2.56 bits per heavy atom. The SMILES string of the molecule is Cc1cc(-c2c(OCC[C@@H]3CCC[C@H](C(F)(F)F)N3)c3cc(C(=O)Nc4ccncn4)c(Cl)cc3[nH]c2=O)cc(C)c1C. The van der Waals surface area contributed by atoms with E-state index in [2.05, 4.69) is 25.6 Å². The zero-order valence-electron chi connectivity index (χ0n) is 23.9. The van der Waals surface area contributed by atoms with Crippen molar-refractivity contribution < 1.29 is 22.7 Å². The van der Waals surface area contributed by atoms with Gasteiger partial charge in [0.1, 0.15) is 23.9 Å². The van der Waals surface area contributed by atoms with Gasteiger partial charge in [0, 0.05) is 17.6 Å². The number of halogens is 4. The van der Waals surface area contributed by atoms with Crippen LogP contribution >= 0.6 is 11.6 Å². The second-order valence-corrected chi connectivity index (χ2v) is 11.3. The van der Waals surface area contributed by atoms with Crippen molar-refractivity contribution in [3.63, 3.8) is 0 Å². The minimum absolute atomic E-state index is 0.0381. The predicted molar refractivity (Wildman–Crippen MR) is 160 cm³/mol. The number of carbonyl (C=O) groups excluding carboxylic acids is 1. The number of anilines is 1. The molecule has 43 heavy (non-hydrogen) atoms. The number of fused-ring (bicyclic) bond motifs is 1. The topological polar surface area (TPSA) is 109 Å². The van der Waals surface area contributed by atoms with Gasteiger partial charge in [-0.3, -0.25) is 9.59 Å². The molecule has 8 nitrogen and oxygen atoms in total. The summed E-state index contributed by atoms with van der Waals surface area (Å²) in [7, 11) is 0. The molecule has 0 unspecified atom stereocenters. The quantitative estimate of drug-likeness (QED) is 0.215. The summed E-state index contributed by atoms with van der Waals surface area (Å²) >= 11 is 6.48. The molecular formula is C31H31ClF3N5O3. The Labute approximate surface area is 251 Å². The average molecular weight is 614 g/mol. The van der Waals surface area contributed by atoms with E-state index in [0.29, 0.717) is 35.7 Å². The normalized spacial score (nSPS) is 17.2. The summed E-state index contributed by atoms with van der Waals surface area (Å²) in [4.78, 5) is 37.5.